The first-order valence-corrected chi connectivity index (χ1v) is 25.4. The molecule has 3 nitrogen and oxygen atoms in total. The molecule has 178 valence electrons. The van der Waals surface area contributed by atoms with E-state index in [2.05, 4.69) is 63.7 Å². The maximum absolute atomic E-state index is 12.8. The Balaban J connectivity index is 3.21. The second kappa shape index (κ2) is 8.34. The number of rotatable bonds is 7. The second-order valence-electron chi connectivity index (χ2n) is 11.2. The van der Waals surface area contributed by atoms with Gasteiger partial charge in [-0.2, -0.15) is 26.3 Å². The first-order chi connectivity index (χ1) is 13.0. The van der Waals surface area contributed by atoms with Crippen molar-refractivity contribution >= 4 is 35.6 Å². The van der Waals surface area contributed by atoms with Crippen molar-refractivity contribution in [2.24, 2.45) is 5.92 Å². The Morgan fingerprint density at radius 2 is 1.13 bits per heavy atom. The number of esters is 1. The lowest BCUT2D eigenvalue weighted by Crippen LogP contribution is -2.85. The predicted molar refractivity (Wildman–Crippen MR) is 115 cm³/mol. The molecule has 1 rings (SSSR count). The molecular weight excluding hydrogens is 479 g/mol. The molecular formula is C17H34F6O3Si4. The highest BCUT2D eigenvalue weighted by Crippen LogP contribution is 2.44. The Morgan fingerprint density at radius 3 is 1.37 bits per heavy atom. The standard InChI is InChI=1S/C17H34F6O3Si4/c1-27(2,3)30(28(4,5)6,29(7,8)9)26-13-11-10-12(13)14(24)25-15(16(18,19)20)17(21,22)23/h12-13,15H,10-11H2,1-9H3/t12-,13-/m0/s1. The maximum atomic E-state index is 12.8. The summed E-state index contributed by atoms with van der Waals surface area (Å²) in [6.45, 7) is 17.8. The van der Waals surface area contributed by atoms with Gasteiger partial charge in [0.2, 0.25) is 0 Å². The number of ether oxygens (including phenoxy) is 1. The topological polar surface area (TPSA) is 35.5 Å². The van der Waals surface area contributed by atoms with Gasteiger partial charge < -0.3 is 9.16 Å². The fourth-order valence-corrected chi connectivity index (χ4v) is 99.6. The van der Waals surface area contributed by atoms with Gasteiger partial charge in [0.1, 0.15) is 0 Å². The number of hydrogen-bond donors (Lipinski definition) is 0. The summed E-state index contributed by atoms with van der Waals surface area (Å²) in [4.78, 5) is 12.3. The first kappa shape index (κ1) is 27.9. The third-order valence-electron chi connectivity index (χ3n) is 5.84. The highest BCUT2D eigenvalue weighted by molar-refractivity contribution is 7.87. The molecule has 0 aromatic heterocycles. The summed E-state index contributed by atoms with van der Waals surface area (Å²) < 4.78 is 87.5. The van der Waals surface area contributed by atoms with Gasteiger partial charge in [-0.3, -0.25) is 4.79 Å². The number of carbonyl (C=O) groups excluding carboxylic acids is 1. The van der Waals surface area contributed by atoms with Crippen LogP contribution >= 0.6 is 0 Å². The molecule has 0 amide bonds. The molecule has 0 radical (unpaired) electrons. The van der Waals surface area contributed by atoms with Gasteiger partial charge in [0.15, 0.2) is 6.87 Å². The molecule has 1 fully saturated rings. The van der Waals surface area contributed by atoms with E-state index >= 15 is 0 Å². The van der Waals surface area contributed by atoms with Gasteiger partial charge in [-0.15, -0.1) is 0 Å². The van der Waals surface area contributed by atoms with E-state index in [4.69, 9.17) is 4.43 Å². The molecule has 0 heterocycles. The van der Waals surface area contributed by atoms with Gasteiger partial charge >= 0.3 is 18.3 Å². The quantitative estimate of drug-likeness (QED) is 0.238. The van der Waals surface area contributed by atoms with Gasteiger partial charge in [0, 0.05) is 0 Å². The van der Waals surface area contributed by atoms with Gasteiger partial charge in [-0.05, 0) is 12.8 Å². The van der Waals surface area contributed by atoms with E-state index in [9.17, 15) is 31.1 Å². The Kier molecular flexibility index (Phi) is 7.76. The predicted octanol–water partition coefficient (Wildman–Crippen LogP) is 6.01. The van der Waals surface area contributed by atoms with Crippen LogP contribution in [0.15, 0.2) is 0 Å². The monoisotopic (exact) mass is 512 g/mol. The van der Waals surface area contributed by atoms with Crippen LogP contribution in [0.1, 0.15) is 12.8 Å². The summed E-state index contributed by atoms with van der Waals surface area (Å²) in [6.07, 6.45) is -15.5. The molecule has 0 aromatic carbocycles. The van der Waals surface area contributed by atoms with Crippen LogP contribution in [0.2, 0.25) is 58.9 Å². The number of alkyl halides is 6. The van der Waals surface area contributed by atoms with Crippen LogP contribution in [-0.4, -0.2) is 60.2 Å². The third kappa shape index (κ3) is 5.43. The lowest BCUT2D eigenvalue weighted by molar-refractivity contribution is -0.315. The van der Waals surface area contributed by atoms with Crippen molar-refractivity contribution < 1.29 is 40.3 Å². The van der Waals surface area contributed by atoms with Crippen molar-refractivity contribution in [2.75, 3.05) is 0 Å². The minimum absolute atomic E-state index is 0.180. The fraction of sp³-hybridized carbons (Fsp3) is 0.941. The molecule has 2 atom stereocenters. The minimum atomic E-state index is -5.71. The zero-order valence-electron chi connectivity index (χ0n) is 19.1. The zero-order chi connectivity index (χ0) is 24.1. The molecule has 0 bridgehead atoms. The van der Waals surface area contributed by atoms with Crippen molar-refractivity contribution in [3.63, 3.8) is 0 Å². The molecule has 0 unspecified atom stereocenters. The summed E-state index contributed by atoms with van der Waals surface area (Å²) >= 11 is 0. The van der Waals surface area contributed by atoms with Gasteiger partial charge in [-0.25, -0.2) is 0 Å². The van der Waals surface area contributed by atoms with Crippen LogP contribution in [0.5, 0.6) is 0 Å². The van der Waals surface area contributed by atoms with Crippen LogP contribution in [-0.2, 0) is 14.0 Å². The van der Waals surface area contributed by atoms with Crippen LogP contribution in [0.4, 0.5) is 26.3 Å². The average Bonchev–Trinajstić information content (AvgIpc) is 2.36. The van der Waals surface area contributed by atoms with Crippen molar-refractivity contribution in [3.05, 3.63) is 0 Å². The summed E-state index contributed by atoms with van der Waals surface area (Å²) in [5, 5.41) is 0. The summed E-state index contributed by atoms with van der Waals surface area (Å²) in [7, 11) is -5.64. The summed E-state index contributed by atoms with van der Waals surface area (Å²) in [5.41, 5.74) is 0. The zero-order valence-corrected chi connectivity index (χ0v) is 23.1. The van der Waals surface area contributed by atoms with E-state index < -0.39 is 66.1 Å². The average molecular weight is 513 g/mol. The van der Waals surface area contributed by atoms with Gasteiger partial charge in [0.25, 0.3) is 6.10 Å². The molecule has 1 aliphatic carbocycles. The lowest BCUT2D eigenvalue weighted by atomic mass is 9.82. The van der Waals surface area contributed by atoms with E-state index in [1.165, 1.54) is 0 Å². The molecule has 0 N–H and O–H groups in total. The molecule has 13 heteroatoms. The van der Waals surface area contributed by atoms with Crippen molar-refractivity contribution in [3.8, 4) is 0 Å². The summed E-state index contributed by atoms with van der Waals surface area (Å²) in [5.74, 6) is -2.54. The van der Waals surface area contributed by atoms with Crippen LogP contribution < -0.4 is 0 Å². The third-order valence-corrected chi connectivity index (χ3v) is 73.4. The lowest BCUT2D eigenvalue weighted by Gasteiger charge is -2.59. The molecule has 0 spiro atoms. The molecule has 0 saturated heterocycles. The van der Waals surface area contributed by atoms with E-state index in [0.29, 0.717) is 6.42 Å². The van der Waals surface area contributed by atoms with Crippen molar-refractivity contribution in [2.45, 2.75) is 96.3 Å². The normalized spacial score (nSPS) is 22.1. The summed E-state index contributed by atoms with van der Waals surface area (Å²) in [6, 6.07) is 0. The highest BCUT2D eigenvalue weighted by Gasteiger charge is 2.66. The number of carbonyl (C=O) groups is 1. The molecule has 0 aromatic rings. The Bertz CT molecular complexity index is 582. The van der Waals surface area contributed by atoms with E-state index in [0.717, 1.165) is 0 Å². The Morgan fingerprint density at radius 1 is 0.767 bits per heavy atom. The molecule has 0 aliphatic heterocycles. The second-order valence-corrected chi connectivity index (χ2v) is 50.6. The van der Waals surface area contributed by atoms with E-state index in [1.54, 1.807) is 0 Å². The van der Waals surface area contributed by atoms with Crippen molar-refractivity contribution in [1.29, 1.82) is 0 Å². The molecule has 1 aliphatic rings. The molecule has 30 heavy (non-hydrogen) atoms. The van der Waals surface area contributed by atoms with Gasteiger partial charge in [0.05, 0.1) is 34.8 Å². The van der Waals surface area contributed by atoms with E-state index in [1.807, 2.05) is 0 Å². The molecule has 1 saturated carbocycles. The Labute approximate surface area is 178 Å². The van der Waals surface area contributed by atoms with E-state index in [-0.39, 0.29) is 6.42 Å². The minimum Gasteiger partial charge on any atom is -0.442 e. The maximum Gasteiger partial charge on any atom is 0.434 e. The Hall–Kier alpha value is -0.122. The smallest absolute Gasteiger partial charge is 0.434 e. The first-order valence-electron chi connectivity index (χ1n) is 9.98. The van der Waals surface area contributed by atoms with Crippen LogP contribution in [0.25, 0.3) is 0 Å². The van der Waals surface area contributed by atoms with Crippen LogP contribution in [0, 0.1) is 5.92 Å². The fourth-order valence-electron chi connectivity index (χ4n) is 5.54. The number of halogens is 6. The van der Waals surface area contributed by atoms with Crippen LogP contribution in [0.3, 0.4) is 0 Å². The SMILES string of the molecule is C[Si](C)(C)[Si](O[C@H]1CC[C@@H]1C(=O)OC(C(F)(F)F)C(F)(F)F)([Si](C)(C)C)[Si](C)(C)C. The van der Waals surface area contributed by atoms with Gasteiger partial charge in [-0.1, -0.05) is 58.9 Å². The largest absolute Gasteiger partial charge is 0.442 e. The van der Waals surface area contributed by atoms with Crippen molar-refractivity contribution in [1.82, 2.24) is 0 Å². The number of hydrogen-bond acceptors (Lipinski definition) is 3. The highest BCUT2D eigenvalue weighted by atomic mass is 29.9.